The Morgan fingerprint density at radius 1 is 1.40 bits per heavy atom. The number of rotatable bonds is 2. The van der Waals surface area contributed by atoms with Gasteiger partial charge in [-0.15, -0.1) is 0 Å². The third kappa shape index (κ3) is 2.31. The van der Waals surface area contributed by atoms with Crippen molar-refractivity contribution >= 4 is 34.5 Å². The molecule has 3 rings (SSSR count). The van der Waals surface area contributed by atoms with Crippen LogP contribution in [0.25, 0.3) is 22.9 Å². The Hall–Kier alpha value is -2.53. The molecule has 0 unspecified atom stereocenters. The summed E-state index contributed by atoms with van der Waals surface area (Å²) in [6.45, 7) is 0. The third-order valence-electron chi connectivity index (χ3n) is 2.73. The van der Waals surface area contributed by atoms with E-state index < -0.39 is 5.56 Å². The Morgan fingerprint density at radius 2 is 2.25 bits per heavy atom. The molecular formula is C14H9ClN2O3. The number of benzene rings is 1. The second-order valence-electron chi connectivity index (χ2n) is 4.12. The number of aromatic nitrogens is 2. The molecule has 2 aromatic heterocycles. The van der Waals surface area contributed by atoms with Crippen LogP contribution < -0.4 is 5.56 Å². The van der Waals surface area contributed by atoms with Gasteiger partial charge in [-0.3, -0.25) is 4.79 Å². The normalized spacial score (nSPS) is 11.9. The maximum atomic E-state index is 11.9. The van der Waals surface area contributed by atoms with Crippen molar-refractivity contribution in [1.82, 2.24) is 9.97 Å². The van der Waals surface area contributed by atoms with Gasteiger partial charge in [-0.2, -0.15) is 0 Å². The molecule has 0 radical (unpaired) electrons. The maximum Gasteiger partial charge on any atom is 0.274 e. The number of aliphatic hydroxyl groups is 1. The number of H-pyrrole nitrogens is 1. The fourth-order valence-corrected chi connectivity index (χ4v) is 1.97. The molecule has 0 spiro atoms. The summed E-state index contributed by atoms with van der Waals surface area (Å²) >= 11 is 5.85. The summed E-state index contributed by atoms with van der Waals surface area (Å²) in [5, 5.41) is 10.4. The van der Waals surface area contributed by atoms with Crippen molar-refractivity contribution in [1.29, 1.82) is 0 Å². The molecule has 100 valence electrons. The fourth-order valence-electron chi connectivity index (χ4n) is 1.80. The first kappa shape index (κ1) is 12.5. The van der Waals surface area contributed by atoms with E-state index in [9.17, 15) is 9.90 Å². The van der Waals surface area contributed by atoms with Crippen LogP contribution in [-0.2, 0) is 0 Å². The van der Waals surface area contributed by atoms with Gasteiger partial charge in [0.1, 0.15) is 5.69 Å². The predicted molar refractivity (Wildman–Crippen MR) is 76.6 cm³/mol. The lowest BCUT2D eigenvalue weighted by Crippen LogP contribution is -2.12. The van der Waals surface area contributed by atoms with Gasteiger partial charge >= 0.3 is 0 Å². The fraction of sp³-hybridized carbons (Fsp3) is 0. The summed E-state index contributed by atoms with van der Waals surface area (Å²) in [4.78, 5) is 18.7. The van der Waals surface area contributed by atoms with Gasteiger partial charge < -0.3 is 14.5 Å². The molecule has 2 heterocycles. The first-order valence-electron chi connectivity index (χ1n) is 5.77. The zero-order valence-electron chi connectivity index (χ0n) is 10.1. The first-order chi connectivity index (χ1) is 9.63. The van der Waals surface area contributed by atoms with Gasteiger partial charge in [-0.1, -0.05) is 11.6 Å². The zero-order chi connectivity index (χ0) is 14.1. The van der Waals surface area contributed by atoms with Crippen molar-refractivity contribution in [2.75, 3.05) is 0 Å². The van der Waals surface area contributed by atoms with Gasteiger partial charge in [-0.25, -0.2) is 4.98 Å². The second-order valence-corrected chi connectivity index (χ2v) is 4.56. The van der Waals surface area contributed by atoms with Crippen molar-refractivity contribution < 1.29 is 9.52 Å². The molecule has 2 N–H and O–H groups in total. The Labute approximate surface area is 118 Å². The summed E-state index contributed by atoms with van der Waals surface area (Å²) < 4.78 is 5.03. The Balaban J connectivity index is 2.13. The van der Waals surface area contributed by atoms with Gasteiger partial charge in [-0.05, 0) is 30.3 Å². The Morgan fingerprint density at radius 3 is 3.00 bits per heavy atom. The quantitative estimate of drug-likeness (QED) is 0.710. The minimum absolute atomic E-state index is 0.0914. The lowest BCUT2D eigenvalue weighted by Gasteiger charge is -2.00. The molecule has 5 nitrogen and oxygen atoms in total. The van der Waals surface area contributed by atoms with Crippen molar-refractivity contribution in [2.45, 2.75) is 0 Å². The van der Waals surface area contributed by atoms with E-state index in [1.54, 1.807) is 30.3 Å². The smallest absolute Gasteiger partial charge is 0.274 e. The lowest BCUT2D eigenvalue weighted by atomic mass is 10.2. The molecule has 0 aliphatic carbocycles. The summed E-state index contributed by atoms with van der Waals surface area (Å²) in [6, 6.07) is 8.20. The predicted octanol–water partition coefficient (Wildman–Crippen LogP) is 3.23. The van der Waals surface area contributed by atoms with E-state index in [1.807, 2.05) is 0 Å². The van der Waals surface area contributed by atoms with Crippen LogP contribution in [0.2, 0.25) is 5.02 Å². The minimum Gasteiger partial charge on any atom is -0.504 e. The number of aromatic amines is 1. The largest absolute Gasteiger partial charge is 0.504 e. The number of aliphatic hydroxyl groups excluding tert-OH is 1. The molecule has 0 aliphatic rings. The molecule has 0 fully saturated rings. The van der Waals surface area contributed by atoms with Gasteiger partial charge in [0, 0.05) is 11.1 Å². The zero-order valence-corrected chi connectivity index (χ0v) is 10.9. The van der Waals surface area contributed by atoms with E-state index in [2.05, 4.69) is 9.97 Å². The summed E-state index contributed by atoms with van der Waals surface area (Å²) in [5.41, 5.74) is 0.788. The van der Waals surface area contributed by atoms with E-state index in [0.717, 1.165) is 0 Å². The van der Waals surface area contributed by atoms with Crippen LogP contribution in [0, 0.1) is 0 Å². The van der Waals surface area contributed by atoms with Crippen LogP contribution in [0.4, 0.5) is 0 Å². The van der Waals surface area contributed by atoms with Crippen LogP contribution in [0.5, 0.6) is 0 Å². The van der Waals surface area contributed by atoms with Gasteiger partial charge in [0.2, 0.25) is 0 Å². The van der Waals surface area contributed by atoms with E-state index >= 15 is 0 Å². The van der Waals surface area contributed by atoms with Gasteiger partial charge in [0.15, 0.2) is 11.5 Å². The highest BCUT2D eigenvalue weighted by molar-refractivity contribution is 6.31. The highest BCUT2D eigenvalue weighted by atomic mass is 35.5. The SMILES string of the molecule is O=c1[nH]c2cc(Cl)ccc2nc1C=C(O)c1ccco1. The summed E-state index contributed by atoms with van der Waals surface area (Å²) in [7, 11) is 0. The van der Waals surface area contributed by atoms with E-state index in [1.165, 1.54) is 12.3 Å². The molecule has 0 bridgehead atoms. The van der Waals surface area contributed by atoms with Crippen molar-refractivity contribution in [3.63, 3.8) is 0 Å². The highest BCUT2D eigenvalue weighted by Gasteiger charge is 2.07. The lowest BCUT2D eigenvalue weighted by molar-refractivity contribution is 0.462. The topological polar surface area (TPSA) is 79.1 Å². The second kappa shape index (κ2) is 4.86. The number of nitrogens with zero attached hydrogens (tertiary/aromatic N) is 1. The molecule has 0 saturated heterocycles. The number of fused-ring (bicyclic) bond motifs is 1. The molecular weight excluding hydrogens is 280 g/mol. The molecule has 20 heavy (non-hydrogen) atoms. The van der Waals surface area contributed by atoms with Crippen molar-refractivity contribution in [3.8, 4) is 0 Å². The average molecular weight is 289 g/mol. The molecule has 0 aliphatic heterocycles. The van der Waals surface area contributed by atoms with Crippen LogP contribution in [0.15, 0.2) is 45.8 Å². The van der Waals surface area contributed by atoms with Crippen molar-refractivity contribution in [2.24, 2.45) is 0 Å². The summed E-state index contributed by atoms with van der Waals surface area (Å²) in [5.74, 6) is 0.101. The Bertz CT molecular complexity index is 850. The van der Waals surface area contributed by atoms with Crippen LogP contribution >= 0.6 is 11.6 Å². The molecule has 0 amide bonds. The summed E-state index contributed by atoms with van der Waals surface area (Å²) in [6.07, 6.45) is 2.69. The third-order valence-corrected chi connectivity index (χ3v) is 2.96. The van der Waals surface area contributed by atoms with Gasteiger partial charge in [0.05, 0.1) is 17.3 Å². The first-order valence-corrected chi connectivity index (χ1v) is 6.15. The van der Waals surface area contributed by atoms with Crippen LogP contribution in [0.3, 0.4) is 0 Å². The number of hydrogen-bond acceptors (Lipinski definition) is 4. The monoisotopic (exact) mass is 288 g/mol. The standard InChI is InChI=1S/C14H9ClN2O3/c15-8-3-4-9-10(6-8)17-14(19)11(16-9)7-12(18)13-2-1-5-20-13/h1-7,18H,(H,17,19). The van der Waals surface area contributed by atoms with Gasteiger partial charge in [0.25, 0.3) is 5.56 Å². The van der Waals surface area contributed by atoms with E-state index in [4.69, 9.17) is 16.0 Å². The van der Waals surface area contributed by atoms with Crippen LogP contribution in [0.1, 0.15) is 11.5 Å². The number of hydrogen-bond donors (Lipinski definition) is 2. The number of halogens is 1. The number of nitrogens with one attached hydrogen (secondary N) is 1. The highest BCUT2D eigenvalue weighted by Crippen LogP contribution is 2.17. The molecule has 1 aromatic carbocycles. The molecule has 3 aromatic rings. The molecule has 0 atom stereocenters. The molecule has 6 heteroatoms. The van der Waals surface area contributed by atoms with E-state index in [0.29, 0.717) is 16.1 Å². The maximum absolute atomic E-state index is 11.9. The minimum atomic E-state index is -0.419. The Kier molecular flexibility index (Phi) is 3.04. The molecule has 0 saturated carbocycles. The van der Waals surface area contributed by atoms with Crippen molar-refractivity contribution in [3.05, 3.63) is 63.4 Å². The van der Waals surface area contributed by atoms with Crippen LogP contribution in [-0.4, -0.2) is 15.1 Å². The number of furan rings is 1. The van der Waals surface area contributed by atoms with E-state index in [-0.39, 0.29) is 17.2 Å². The average Bonchev–Trinajstić information content (AvgIpc) is 2.94.